The van der Waals surface area contributed by atoms with Gasteiger partial charge in [-0.2, -0.15) is 0 Å². The number of carbonyl (C=O) groups is 1. The van der Waals surface area contributed by atoms with Crippen molar-refractivity contribution in [3.63, 3.8) is 0 Å². The third-order valence-electron chi connectivity index (χ3n) is 2.38. The van der Waals surface area contributed by atoms with Crippen LogP contribution in [0.1, 0.15) is 18.9 Å². The summed E-state index contributed by atoms with van der Waals surface area (Å²) in [6.07, 6.45) is 2.19. The van der Waals surface area contributed by atoms with Crippen LogP contribution in [-0.2, 0) is 24.8 Å². The Morgan fingerprint density at radius 2 is 1.95 bits per heavy atom. The van der Waals surface area contributed by atoms with E-state index in [0.717, 1.165) is 11.8 Å². The van der Waals surface area contributed by atoms with Crippen molar-refractivity contribution in [2.24, 2.45) is 0 Å². The fourth-order valence-corrected chi connectivity index (χ4v) is 4.17. The molecule has 1 aromatic carbocycles. The number of aryl methyl sites for hydroxylation is 1. The Hall–Kier alpha value is -1.01. The molecule has 1 aromatic rings. The molecule has 106 valence electrons. The number of hydrogen-bond acceptors (Lipinski definition) is 5. The van der Waals surface area contributed by atoms with Gasteiger partial charge in [-0.1, -0.05) is 30.3 Å². The second kappa shape index (κ2) is 7.55. The van der Waals surface area contributed by atoms with E-state index in [-0.39, 0.29) is 6.61 Å². The van der Waals surface area contributed by atoms with Crippen molar-refractivity contribution >= 4 is 25.6 Å². The summed E-state index contributed by atoms with van der Waals surface area (Å²) in [7, 11) is -2.61. The molecule has 0 amide bonds. The van der Waals surface area contributed by atoms with Gasteiger partial charge in [0.25, 0.3) is 0 Å². The zero-order valence-electron chi connectivity index (χ0n) is 11.0. The van der Waals surface area contributed by atoms with E-state index in [1.54, 1.807) is 6.92 Å². The molecule has 0 saturated carbocycles. The highest BCUT2D eigenvalue weighted by Crippen LogP contribution is 2.23. The molecule has 4 nitrogen and oxygen atoms in total. The third kappa shape index (κ3) is 6.63. The van der Waals surface area contributed by atoms with Crippen LogP contribution in [0.3, 0.4) is 0 Å². The average Bonchev–Trinajstić information content (AvgIpc) is 2.34. The first-order valence-corrected chi connectivity index (χ1v) is 9.30. The minimum atomic E-state index is -3.28. The van der Waals surface area contributed by atoms with Crippen LogP contribution in [0, 0.1) is 0 Å². The highest BCUT2D eigenvalue weighted by atomic mass is 33.1. The van der Waals surface area contributed by atoms with Gasteiger partial charge in [-0.15, -0.1) is 0 Å². The fraction of sp³-hybridized carbons (Fsp3) is 0.462. The van der Waals surface area contributed by atoms with Crippen molar-refractivity contribution in [2.45, 2.75) is 25.0 Å². The number of esters is 1. The summed E-state index contributed by atoms with van der Waals surface area (Å²) >= 11 is 0. The Morgan fingerprint density at radius 3 is 2.47 bits per heavy atom. The summed E-state index contributed by atoms with van der Waals surface area (Å²) in [4.78, 5) is 11.7. The van der Waals surface area contributed by atoms with E-state index < -0.39 is 20.1 Å². The minimum Gasteiger partial charge on any atom is -0.465 e. The molecule has 6 heteroatoms. The summed E-state index contributed by atoms with van der Waals surface area (Å²) in [5.41, 5.74) is 1.07. The van der Waals surface area contributed by atoms with E-state index in [9.17, 15) is 13.2 Å². The monoisotopic (exact) mass is 302 g/mol. The molecule has 0 aliphatic carbocycles. The van der Waals surface area contributed by atoms with Gasteiger partial charge in [0.15, 0.2) is 8.87 Å². The molecular formula is C13H18O4S2. The largest absolute Gasteiger partial charge is 0.465 e. The van der Waals surface area contributed by atoms with Crippen molar-refractivity contribution in [3.8, 4) is 0 Å². The molecule has 0 aliphatic heterocycles. The number of ether oxygens (including phenoxy) is 1. The maximum atomic E-state index is 11.7. The minimum absolute atomic E-state index is 0.255. The normalized spacial score (nSPS) is 12.9. The molecule has 0 saturated heterocycles. The van der Waals surface area contributed by atoms with Crippen molar-refractivity contribution in [1.82, 2.24) is 0 Å². The number of hydrogen-bond donors (Lipinski definition) is 0. The SMILES string of the molecule is CCOC(=O)C(CCc1ccccc1)SS(C)(=O)=O. The molecule has 0 fully saturated rings. The Labute approximate surface area is 117 Å². The summed E-state index contributed by atoms with van der Waals surface area (Å²) < 4.78 is 27.5. The van der Waals surface area contributed by atoms with E-state index in [1.165, 1.54) is 0 Å². The van der Waals surface area contributed by atoms with Gasteiger partial charge >= 0.3 is 5.97 Å². The lowest BCUT2D eigenvalue weighted by molar-refractivity contribution is -0.142. The molecule has 1 unspecified atom stereocenters. The van der Waals surface area contributed by atoms with Crippen LogP contribution in [0.25, 0.3) is 0 Å². The molecule has 0 radical (unpaired) electrons. The Bertz CT molecular complexity index is 497. The second-order valence-corrected chi connectivity index (χ2v) is 8.63. The summed E-state index contributed by atoms with van der Waals surface area (Å²) in [5, 5.41) is -0.671. The topological polar surface area (TPSA) is 60.4 Å². The van der Waals surface area contributed by atoms with Gasteiger partial charge < -0.3 is 4.74 Å². The zero-order valence-corrected chi connectivity index (χ0v) is 12.7. The zero-order chi connectivity index (χ0) is 14.3. The van der Waals surface area contributed by atoms with E-state index in [1.807, 2.05) is 30.3 Å². The van der Waals surface area contributed by atoms with Gasteiger partial charge in [0.1, 0.15) is 5.25 Å². The van der Waals surface area contributed by atoms with Crippen molar-refractivity contribution in [2.75, 3.05) is 12.9 Å². The molecule has 0 N–H and O–H groups in total. The summed E-state index contributed by atoms with van der Waals surface area (Å²) in [5.74, 6) is -0.464. The summed E-state index contributed by atoms with van der Waals surface area (Å²) in [6, 6.07) is 9.65. The maximum absolute atomic E-state index is 11.7. The van der Waals surface area contributed by atoms with Crippen LogP contribution in [0.2, 0.25) is 0 Å². The van der Waals surface area contributed by atoms with E-state index >= 15 is 0 Å². The van der Waals surface area contributed by atoms with Gasteiger partial charge in [0.2, 0.25) is 0 Å². The lowest BCUT2D eigenvalue weighted by atomic mass is 10.1. The molecule has 0 aromatic heterocycles. The standard InChI is InChI=1S/C13H18O4S2/c1-3-17-13(14)12(18-19(2,15)16)10-9-11-7-5-4-6-8-11/h4-8,12H,3,9-10H2,1-2H3. The Morgan fingerprint density at radius 1 is 1.32 bits per heavy atom. The lowest BCUT2D eigenvalue weighted by Crippen LogP contribution is -2.22. The van der Waals surface area contributed by atoms with E-state index in [2.05, 4.69) is 0 Å². The van der Waals surface area contributed by atoms with Crippen molar-refractivity contribution < 1.29 is 17.9 Å². The van der Waals surface area contributed by atoms with Gasteiger partial charge in [-0.3, -0.25) is 4.79 Å². The molecule has 0 heterocycles. The lowest BCUT2D eigenvalue weighted by Gasteiger charge is -2.13. The molecule has 1 rings (SSSR count). The first-order valence-electron chi connectivity index (χ1n) is 6.01. The first kappa shape index (κ1) is 16.0. The van der Waals surface area contributed by atoms with E-state index in [4.69, 9.17) is 4.74 Å². The summed E-state index contributed by atoms with van der Waals surface area (Å²) in [6.45, 7) is 1.96. The predicted octanol–water partition coefficient (Wildman–Crippen LogP) is 2.24. The molecule has 0 spiro atoms. The number of rotatable bonds is 7. The van der Waals surface area contributed by atoms with Gasteiger partial charge in [-0.05, 0) is 36.1 Å². The van der Waals surface area contributed by atoms with Crippen LogP contribution in [0.5, 0.6) is 0 Å². The molecule has 0 bridgehead atoms. The predicted molar refractivity (Wildman–Crippen MR) is 77.6 cm³/mol. The Kier molecular flexibility index (Phi) is 6.37. The molecule has 1 atom stereocenters. The van der Waals surface area contributed by atoms with Crippen LogP contribution in [0.4, 0.5) is 0 Å². The third-order valence-corrected chi connectivity index (χ3v) is 5.13. The van der Waals surface area contributed by atoms with Crippen molar-refractivity contribution in [1.29, 1.82) is 0 Å². The van der Waals surface area contributed by atoms with Gasteiger partial charge in [0, 0.05) is 6.26 Å². The van der Waals surface area contributed by atoms with Crippen LogP contribution < -0.4 is 0 Å². The van der Waals surface area contributed by atoms with Crippen LogP contribution in [-0.4, -0.2) is 32.5 Å². The number of benzene rings is 1. The second-order valence-electron chi connectivity index (χ2n) is 4.07. The van der Waals surface area contributed by atoms with Crippen molar-refractivity contribution in [3.05, 3.63) is 35.9 Å². The Balaban J connectivity index is 2.66. The number of carbonyl (C=O) groups excluding carboxylic acids is 1. The molecular weight excluding hydrogens is 284 g/mol. The van der Waals surface area contributed by atoms with E-state index in [0.29, 0.717) is 23.6 Å². The van der Waals surface area contributed by atoms with Crippen LogP contribution in [0.15, 0.2) is 30.3 Å². The fourth-order valence-electron chi connectivity index (χ4n) is 1.59. The van der Waals surface area contributed by atoms with Crippen LogP contribution >= 0.6 is 10.8 Å². The molecule has 0 aliphatic rings. The molecule has 19 heavy (non-hydrogen) atoms. The quantitative estimate of drug-likeness (QED) is 0.571. The smallest absolute Gasteiger partial charge is 0.320 e. The average molecular weight is 302 g/mol. The first-order chi connectivity index (χ1) is 8.92. The van der Waals surface area contributed by atoms with Gasteiger partial charge in [0.05, 0.1) is 6.61 Å². The highest BCUT2D eigenvalue weighted by molar-refractivity contribution is 8.72. The van der Waals surface area contributed by atoms with Gasteiger partial charge in [-0.25, -0.2) is 8.42 Å². The maximum Gasteiger partial charge on any atom is 0.320 e. The highest BCUT2D eigenvalue weighted by Gasteiger charge is 2.25.